The van der Waals surface area contributed by atoms with Crippen LogP contribution in [-0.2, 0) is 26.1 Å². The molecule has 0 spiro atoms. The van der Waals surface area contributed by atoms with E-state index >= 15 is 0 Å². The van der Waals surface area contributed by atoms with Crippen LogP contribution < -0.4 is 5.56 Å². The molecule has 0 aliphatic carbocycles. The quantitative estimate of drug-likeness (QED) is 0.786. The molecule has 0 bridgehead atoms. The Morgan fingerprint density at radius 3 is 2.92 bits per heavy atom. The lowest BCUT2D eigenvalue weighted by Crippen LogP contribution is -2.31. The Labute approximate surface area is 146 Å². The summed E-state index contributed by atoms with van der Waals surface area (Å²) in [6.45, 7) is 3.58. The zero-order valence-electron chi connectivity index (χ0n) is 14.7. The Hall–Kier alpha value is -2.44. The summed E-state index contributed by atoms with van der Waals surface area (Å²) in [5.41, 5.74) is 5.64. The van der Waals surface area contributed by atoms with Gasteiger partial charge in [0.15, 0.2) is 5.65 Å². The van der Waals surface area contributed by atoms with Crippen molar-refractivity contribution in [3.63, 3.8) is 0 Å². The summed E-state index contributed by atoms with van der Waals surface area (Å²) in [6.07, 6.45) is 2.78. The molecule has 1 N–H and O–H groups in total. The van der Waals surface area contributed by atoms with E-state index in [0.29, 0.717) is 12.2 Å². The molecule has 3 heterocycles. The molecule has 4 rings (SSSR count). The van der Waals surface area contributed by atoms with E-state index in [1.165, 1.54) is 21.2 Å². The van der Waals surface area contributed by atoms with E-state index in [-0.39, 0.29) is 5.56 Å². The molecule has 1 aromatic carbocycles. The highest BCUT2D eigenvalue weighted by atomic mass is 16.1. The molecule has 1 aliphatic rings. The SMILES string of the molecule is CN(C)Cc1ccc2c(c1)CCN(Cc1cc(=O)n3[nH]ccc3n1)C2. The predicted octanol–water partition coefficient (Wildman–Crippen LogP) is 1.64. The normalized spacial score (nSPS) is 15.0. The smallest absolute Gasteiger partial charge is 0.272 e. The number of hydrogen-bond donors (Lipinski definition) is 1. The number of nitrogens with zero attached hydrogens (tertiary/aromatic N) is 4. The van der Waals surface area contributed by atoms with Gasteiger partial charge in [-0.2, -0.15) is 0 Å². The average molecular weight is 337 g/mol. The lowest BCUT2D eigenvalue weighted by Gasteiger charge is -2.29. The molecule has 0 fully saturated rings. The lowest BCUT2D eigenvalue weighted by molar-refractivity contribution is 0.242. The van der Waals surface area contributed by atoms with Crippen molar-refractivity contribution in [1.29, 1.82) is 0 Å². The predicted molar refractivity (Wildman–Crippen MR) is 97.5 cm³/mol. The topological polar surface area (TPSA) is 56.6 Å². The Bertz CT molecular complexity index is 956. The molecule has 0 saturated carbocycles. The molecule has 25 heavy (non-hydrogen) atoms. The van der Waals surface area contributed by atoms with Gasteiger partial charge in [-0.05, 0) is 37.2 Å². The molecule has 0 atom stereocenters. The van der Waals surface area contributed by atoms with Crippen LogP contribution in [0.15, 0.2) is 41.3 Å². The number of rotatable bonds is 4. The summed E-state index contributed by atoms with van der Waals surface area (Å²) in [7, 11) is 4.19. The van der Waals surface area contributed by atoms with E-state index in [0.717, 1.165) is 31.7 Å². The largest absolute Gasteiger partial charge is 0.305 e. The first-order chi connectivity index (χ1) is 12.1. The van der Waals surface area contributed by atoms with Crippen LogP contribution in [0, 0.1) is 0 Å². The van der Waals surface area contributed by atoms with Crippen LogP contribution in [0.1, 0.15) is 22.4 Å². The van der Waals surface area contributed by atoms with E-state index in [1.807, 2.05) is 6.07 Å². The molecular weight excluding hydrogens is 314 g/mol. The summed E-state index contributed by atoms with van der Waals surface area (Å²) >= 11 is 0. The first kappa shape index (κ1) is 16.1. The molecule has 130 valence electrons. The third-order valence-electron chi connectivity index (χ3n) is 4.68. The van der Waals surface area contributed by atoms with Gasteiger partial charge in [0.2, 0.25) is 0 Å². The Kier molecular flexibility index (Phi) is 4.15. The highest BCUT2D eigenvalue weighted by Gasteiger charge is 2.18. The summed E-state index contributed by atoms with van der Waals surface area (Å²) in [5.74, 6) is 0. The van der Waals surface area contributed by atoms with Crippen LogP contribution in [0.25, 0.3) is 5.65 Å². The van der Waals surface area contributed by atoms with Gasteiger partial charge >= 0.3 is 0 Å². The van der Waals surface area contributed by atoms with Gasteiger partial charge in [0, 0.05) is 44.5 Å². The van der Waals surface area contributed by atoms with Crippen LogP contribution in [0.4, 0.5) is 0 Å². The van der Waals surface area contributed by atoms with Gasteiger partial charge in [-0.3, -0.25) is 14.8 Å². The number of aromatic nitrogens is 3. The van der Waals surface area contributed by atoms with E-state index in [4.69, 9.17) is 0 Å². The Morgan fingerprint density at radius 2 is 2.08 bits per heavy atom. The fraction of sp³-hybridized carbons (Fsp3) is 0.368. The number of aromatic amines is 1. The van der Waals surface area contributed by atoms with Crippen LogP contribution in [0.5, 0.6) is 0 Å². The molecule has 2 aromatic heterocycles. The van der Waals surface area contributed by atoms with Gasteiger partial charge in [-0.15, -0.1) is 0 Å². The maximum absolute atomic E-state index is 12.1. The number of fused-ring (bicyclic) bond motifs is 2. The van der Waals surface area contributed by atoms with Gasteiger partial charge in [-0.1, -0.05) is 18.2 Å². The minimum Gasteiger partial charge on any atom is -0.305 e. The number of hydrogen-bond acceptors (Lipinski definition) is 4. The lowest BCUT2D eigenvalue weighted by atomic mass is 9.97. The van der Waals surface area contributed by atoms with Crippen LogP contribution in [0.2, 0.25) is 0 Å². The van der Waals surface area contributed by atoms with Crippen molar-refractivity contribution in [2.45, 2.75) is 26.1 Å². The second kappa shape index (κ2) is 6.46. The Morgan fingerprint density at radius 1 is 1.20 bits per heavy atom. The maximum atomic E-state index is 12.1. The standard InChI is InChI=1S/C19H23N5O/c1-22(2)11-14-3-4-16-12-23(8-6-15(16)9-14)13-17-10-19(25)24-18(21-17)5-7-20-24/h3-5,7,9-10,20H,6,8,11-13H2,1-2H3. The minimum absolute atomic E-state index is 0.0595. The van der Waals surface area contributed by atoms with Gasteiger partial charge in [0.25, 0.3) is 5.56 Å². The van der Waals surface area contributed by atoms with E-state index < -0.39 is 0 Å². The maximum Gasteiger partial charge on any atom is 0.272 e. The molecular formula is C19H23N5O. The summed E-state index contributed by atoms with van der Waals surface area (Å²) in [5, 5.41) is 2.87. The van der Waals surface area contributed by atoms with Gasteiger partial charge < -0.3 is 4.90 Å². The highest BCUT2D eigenvalue weighted by molar-refractivity contribution is 5.37. The zero-order valence-corrected chi connectivity index (χ0v) is 14.7. The number of nitrogens with one attached hydrogen (secondary N) is 1. The van der Waals surface area contributed by atoms with E-state index in [1.54, 1.807) is 12.3 Å². The first-order valence-corrected chi connectivity index (χ1v) is 8.62. The third-order valence-corrected chi connectivity index (χ3v) is 4.68. The van der Waals surface area contributed by atoms with Crippen molar-refractivity contribution < 1.29 is 0 Å². The molecule has 0 unspecified atom stereocenters. The van der Waals surface area contributed by atoms with Gasteiger partial charge in [0.1, 0.15) is 0 Å². The van der Waals surface area contributed by atoms with Gasteiger partial charge in [0.05, 0.1) is 5.69 Å². The number of H-pyrrole nitrogens is 1. The highest BCUT2D eigenvalue weighted by Crippen LogP contribution is 2.22. The van der Waals surface area contributed by atoms with Crippen molar-refractivity contribution in [2.24, 2.45) is 0 Å². The molecule has 3 aromatic rings. The second-order valence-corrected chi connectivity index (χ2v) is 7.04. The first-order valence-electron chi connectivity index (χ1n) is 8.62. The molecule has 1 aliphatic heterocycles. The van der Waals surface area contributed by atoms with Crippen LogP contribution in [0.3, 0.4) is 0 Å². The van der Waals surface area contributed by atoms with Crippen molar-refractivity contribution in [3.8, 4) is 0 Å². The monoisotopic (exact) mass is 337 g/mol. The fourth-order valence-electron chi connectivity index (χ4n) is 3.55. The summed E-state index contributed by atoms with van der Waals surface area (Å²) in [6, 6.07) is 10.3. The molecule has 6 heteroatoms. The van der Waals surface area contributed by atoms with Crippen LogP contribution >= 0.6 is 0 Å². The van der Waals surface area contributed by atoms with Crippen molar-refractivity contribution >= 4 is 5.65 Å². The van der Waals surface area contributed by atoms with E-state index in [2.05, 4.69) is 52.2 Å². The summed E-state index contributed by atoms with van der Waals surface area (Å²) in [4.78, 5) is 21.2. The summed E-state index contributed by atoms with van der Waals surface area (Å²) < 4.78 is 1.46. The number of benzene rings is 1. The second-order valence-electron chi connectivity index (χ2n) is 7.04. The van der Waals surface area contributed by atoms with E-state index in [9.17, 15) is 4.79 Å². The van der Waals surface area contributed by atoms with Crippen molar-refractivity contribution in [3.05, 3.63) is 69.3 Å². The molecule has 0 amide bonds. The Balaban J connectivity index is 1.51. The average Bonchev–Trinajstić information content (AvgIpc) is 3.03. The molecule has 0 radical (unpaired) electrons. The van der Waals surface area contributed by atoms with Gasteiger partial charge in [-0.25, -0.2) is 9.50 Å². The molecule has 0 saturated heterocycles. The molecule has 6 nitrogen and oxygen atoms in total. The zero-order chi connectivity index (χ0) is 17.4. The fourth-order valence-corrected chi connectivity index (χ4v) is 3.55. The van der Waals surface area contributed by atoms with Crippen molar-refractivity contribution in [1.82, 2.24) is 24.4 Å². The van der Waals surface area contributed by atoms with Crippen LogP contribution in [-0.4, -0.2) is 45.0 Å². The third kappa shape index (κ3) is 3.36. The minimum atomic E-state index is -0.0595. The van der Waals surface area contributed by atoms with Crippen molar-refractivity contribution in [2.75, 3.05) is 20.6 Å².